The van der Waals surface area contributed by atoms with Crippen molar-refractivity contribution in [3.05, 3.63) is 58.9 Å². The van der Waals surface area contributed by atoms with Gasteiger partial charge in [0.1, 0.15) is 23.4 Å². The average molecular weight is 257 g/mol. The van der Waals surface area contributed by atoms with Crippen LogP contribution in [0.5, 0.6) is 11.5 Å². The number of aliphatic hydroxyl groups excluding tert-OH is 1. The molecule has 0 aromatic heterocycles. The number of aryl methyl sites for hydroxylation is 1. The number of nitriles is 1. The number of rotatable bonds is 3. The van der Waals surface area contributed by atoms with Crippen molar-refractivity contribution < 1.29 is 14.2 Å². The first-order valence-corrected chi connectivity index (χ1v) is 5.72. The third-order valence-electron chi connectivity index (χ3n) is 2.72. The van der Waals surface area contributed by atoms with Gasteiger partial charge in [0.15, 0.2) is 0 Å². The van der Waals surface area contributed by atoms with Gasteiger partial charge in [0.05, 0.1) is 12.2 Å². The molecule has 2 aromatic rings. The number of ether oxygens (including phenoxy) is 1. The molecule has 0 bridgehead atoms. The summed E-state index contributed by atoms with van der Waals surface area (Å²) in [5, 5.41) is 18.1. The van der Waals surface area contributed by atoms with Crippen LogP contribution in [0.25, 0.3) is 0 Å². The molecule has 0 saturated heterocycles. The molecule has 1 N–H and O–H groups in total. The molecule has 0 aliphatic carbocycles. The number of hydrogen-bond donors (Lipinski definition) is 1. The van der Waals surface area contributed by atoms with E-state index in [1.807, 2.05) is 6.07 Å². The topological polar surface area (TPSA) is 53.2 Å². The van der Waals surface area contributed by atoms with Crippen LogP contribution in [0.2, 0.25) is 0 Å². The van der Waals surface area contributed by atoms with Crippen LogP contribution in [0.1, 0.15) is 16.7 Å². The third kappa shape index (κ3) is 2.90. The van der Waals surface area contributed by atoms with Gasteiger partial charge in [0.25, 0.3) is 0 Å². The normalized spacial score (nSPS) is 10.0. The molecule has 0 amide bonds. The second-order valence-electron chi connectivity index (χ2n) is 4.11. The molecule has 2 aromatic carbocycles. The summed E-state index contributed by atoms with van der Waals surface area (Å²) in [5.74, 6) is 0.313. The molecule has 0 spiro atoms. The molecular weight excluding hydrogens is 245 g/mol. The zero-order chi connectivity index (χ0) is 13.8. The van der Waals surface area contributed by atoms with Gasteiger partial charge < -0.3 is 9.84 Å². The summed E-state index contributed by atoms with van der Waals surface area (Å²) in [6.45, 7) is 1.65. The maximum absolute atomic E-state index is 13.2. The third-order valence-corrected chi connectivity index (χ3v) is 2.72. The Morgan fingerprint density at radius 1 is 1.21 bits per heavy atom. The summed E-state index contributed by atoms with van der Waals surface area (Å²) in [5.41, 5.74) is 1.70. The van der Waals surface area contributed by atoms with Crippen LogP contribution in [0.4, 0.5) is 4.39 Å². The highest BCUT2D eigenvalue weighted by Gasteiger charge is 2.08. The molecule has 4 heteroatoms. The summed E-state index contributed by atoms with van der Waals surface area (Å²) in [6.07, 6.45) is 0. The zero-order valence-corrected chi connectivity index (χ0v) is 10.4. The van der Waals surface area contributed by atoms with Crippen molar-refractivity contribution >= 4 is 0 Å². The van der Waals surface area contributed by atoms with Gasteiger partial charge in [0, 0.05) is 6.07 Å². The SMILES string of the molecule is Cc1ccc(F)cc1Oc1ccc(CO)cc1C#N. The Kier molecular flexibility index (Phi) is 3.79. The highest BCUT2D eigenvalue weighted by atomic mass is 19.1. The predicted molar refractivity (Wildman–Crippen MR) is 68.3 cm³/mol. The van der Waals surface area contributed by atoms with Crippen LogP contribution in [0.3, 0.4) is 0 Å². The number of aliphatic hydroxyl groups is 1. The summed E-state index contributed by atoms with van der Waals surface area (Å²) in [4.78, 5) is 0. The first-order chi connectivity index (χ1) is 9.13. The smallest absolute Gasteiger partial charge is 0.145 e. The minimum absolute atomic E-state index is 0.145. The second-order valence-corrected chi connectivity index (χ2v) is 4.11. The van der Waals surface area contributed by atoms with Crippen molar-refractivity contribution in [1.29, 1.82) is 5.26 Å². The fourth-order valence-electron chi connectivity index (χ4n) is 1.65. The van der Waals surface area contributed by atoms with E-state index in [0.717, 1.165) is 5.56 Å². The molecule has 0 radical (unpaired) electrons. The molecule has 0 unspecified atom stereocenters. The van der Waals surface area contributed by atoms with E-state index in [1.165, 1.54) is 12.1 Å². The van der Waals surface area contributed by atoms with E-state index in [2.05, 4.69) is 0 Å². The average Bonchev–Trinajstić information content (AvgIpc) is 2.43. The standard InChI is InChI=1S/C15H12FNO2/c1-10-2-4-13(16)7-15(10)19-14-5-3-11(9-18)6-12(14)8-17/h2-7,18H,9H2,1H3. The molecule has 0 fully saturated rings. The maximum Gasteiger partial charge on any atom is 0.145 e. The van der Waals surface area contributed by atoms with Crippen LogP contribution >= 0.6 is 0 Å². The van der Waals surface area contributed by atoms with Gasteiger partial charge in [-0.15, -0.1) is 0 Å². The van der Waals surface area contributed by atoms with E-state index >= 15 is 0 Å². The van der Waals surface area contributed by atoms with E-state index in [1.54, 1.807) is 31.2 Å². The van der Waals surface area contributed by atoms with Gasteiger partial charge in [-0.1, -0.05) is 12.1 Å². The minimum atomic E-state index is -0.397. The Bertz CT molecular complexity index is 647. The summed E-state index contributed by atoms with van der Waals surface area (Å²) < 4.78 is 18.7. The lowest BCUT2D eigenvalue weighted by molar-refractivity contribution is 0.281. The van der Waals surface area contributed by atoms with Gasteiger partial charge in [-0.3, -0.25) is 0 Å². The van der Waals surface area contributed by atoms with Crippen molar-refractivity contribution in [2.75, 3.05) is 0 Å². The van der Waals surface area contributed by atoms with E-state index in [-0.39, 0.29) is 6.61 Å². The predicted octanol–water partition coefficient (Wildman–Crippen LogP) is 3.29. The maximum atomic E-state index is 13.2. The van der Waals surface area contributed by atoms with E-state index < -0.39 is 5.82 Å². The number of hydrogen-bond acceptors (Lipinski definition) is 3. The molecule has 0 saturated carbocycles. The highest BCUT2D eigenvalue weighted by Crippen LogP contribution is 2.28. The lowest BCUT2D eigenvalue weighted by atomic mass is 10.1. The van der Waals surface area contributed by atoms with Gasteiger partial charge in [-0.25, -0.2) is 4.39 Å². The molecule has 0 aliphatic heterocycles. The van der Waals surface area contributed by atoms with Crippen molar-refractivity contribution in [2.45, 2.75) is 13.5 Å². The zero-order valence-electron chi connectivity index (χ0n) is 10.4. The van der Waals surface area contributed by atoms with Crippen LogP contribution in [0, 0.1) is 24.1 Å². The first-order valence-electron chi connectivity index (χ1n) is 5.72. The molecule has 0 atom stereocenters. The van der Waals surface area contributed by atoms with Gasteiger partial charge in [-0.05, 0) is 36.2 Å². The van der Waals surface area contributed by atoms with Crippen LogP contribution in [-0.2, 0) is 6.61 Å². The fourth-order valence-corrected chi connectivity index (χ4v) is 1.65. The fraction of sp³-hybridized carbons (Fsp3) is 0.133. The van der Waals surface area contributed by atoms with Crippen LogP contribution in [0.15, 0.2) is 36.4 Å². The molecule has 2 rings (SSSR count). The van der Waals surface area contributed by atoms with Gasteiger partial charge >= 0.3 is 0 Å². The summed E-state index contributed by atoms with van der Waals surface area (Å²) in [6, 6.07) is 11.0. The van der Waals surface area contributed by atoms with E-state index in [4.69, 9.17) is 15.1 Å². The van der Waals surface area contributed by atoms with Crippen LogP contribution < -0.4 is 4.74 Å². The summed E-state index contributed by atoms with van der Waals surface area (Å²) in [7, 11) is 0. The monoisotopic (exact) mass is 257 g/mol. The molecular formula is C15H12FNO2. The number of nitrogens with zero attached hydrogens (tertiary/aromatic N) is 1. The lowest BCUT2D eigenvalue weighted by Gasteiger charge is -2.10. The van der Waals surface area contributed by atoms with E-state index in [9.17, 15) is 4.39 Å². The second kappa shape index (κ2) is 5.51. The van der Waals surface area contributed by atoms with Gasteiger partial charge in [0.2, 0.25) is 0 Å². The van der Waals surface area contributed by atoms with Crippen molar-refractivity contribution in [1.82, 2.24) is 0 Å². The minimum Gasteiger partial charge on any atom is -0.456 e. The Labute approximate surface area is 110 Å². The van der Waals surface area contributed by atoms with E-state index in [0.29, 0.717) is 22.6 Å². The Balaban J connectivity index is 2.38. The van der Waals surface area contributed by atoms with Crippen molar-refractivity contribution in [3.8, 4) is 17.6 Å². The van der Waals surface area contributed by atoms with Crippen molar-refractivity contribution in [3.63, 3.8) is 0 Å². The highest BCUT2D eigenvalue weighted by molar-refractivity contribution is 5.48. The Morgan fingerprint density at radius 3 is 2.68 bits per heavy atom. The lowest BCUT2D eigenvalue weighted by Crippen LogP contribution is -1.93. The van der Waals surface area contributed by atoms with Crippen LogP contribution in [-0.4, -0.2) is 5.11 Å². The molecule has 0 aliphatic rings. The Hall–Kier alpha value is -2.38. The number of halogens is 1. The Morgan fingerprint density at radius 2 is 2.00 bits per heavy atom. The molecule has 0 heterocycles. The molecule has 19 heavy (non-hydrogen) atoms. The first kappa shape index (κ1) is 13.1. The molecule has 3 nitrogen and oxygen atoms in total. The summed E-state index contributed by atoms with van der Waals surface area (Å²) >= 11 is 0. The molecule has 96 valence electrons. The van der Waals surface area contributed by atoms with Gasteiger partial charge in [-0.2, -0.15) is 5.26 Å². The quantitative estimate of drug-likeness (QED) is 0.917. The number of benzene rings is 2. The largest absolute Gasteiger partial charge is 0.456 e. The van der Waals surface area contributed by atoms with Crippen molar-refractivity contribution in [2.24, 2.45) is 0 Å².